The summed E-state index contributed by atoms with van der Waals surface area (Å²) in [4.78, 5) is 38.5. The van der Waals surface area contributed by atoms with Gasteiger partial charge in [0.15, 0.2) is 11.5 Å². The minimum atomic E-state index is -0.911. The van der Waals surface area contributed by atoms with Crippen LogP contribution in [0.5, 0.6) is 11.5 Å². The van der Waals surface area contributed by atoms with Crippen LogP contribution in [0.15, 0.2) is 12.1 Å². The molecule has 1 aromatic rings. The lowest BCUT2D eigenvalue weighted by atomic mass is 9.95. The van der Waals surface area contributed by atoms with Crippen molar-refractivity contribution in [2.24, 2.45) is 11.3 Å². The molecule has 2 rings (SSSR count). The maximum atomic E-state index is 13.2. The quantitative estimate of drug-likeness (QED) is 0.798. The number of carboxylic acids is 1. The van der Waals surface area contributed by atoms with Gasteiger partial charge < -0.3 is 24.8 Å². The minimum absolute atomic E-state index is 0.134. The second-order valence-corrected chi connectivity index (χ2v) is 7.89. The molecule has 0 aliphatic carbocycles. The highest BCUT2D eigenvalue weighted by Crippen LogP contribution is 2.35. The van der Waals surface area contributed by atoms with Gasteiger partial charge in [-0.3, -0.25) is 14.4 Å². The van der Waals surface area contributed by atoms with E-state index >= 15 is 0 Å². The van der Waals surface area contributed by atoms with Crippen LogP contribution in [-0.4, -0.2) is 55.1 Å². The van der Waals surface area contributed by atoms with Crippen molar-refractivity contribution in [2.75, 3.05) is 32.6 Å². The summed E-state index contributed by atoms with van der Waals surface area (Å²) in [5.74, 6) is -1.37. The maximum absolute atomic E-state index is 13.2. The first-order valence-corrected chi connectivity index (χ1v) is 9.18. The Morgan fingerprint density at radius 1 is 1.14 bits per heavy atom. The number of hydrogen-bond acceptors (Lipinski definition) is 5. The number of likely N-dealkylation sites (tertiary alicyclic amines) is 1. The summed E-state index contributed by atoms with van der Waals surface area (Å²) >= 11 is 0. The standard InChI is InChI=1S/C20H28N2O6/c1-20(2,3)19(26)21-14-10-16(28-5)15(27-4)9-13(14)17(23)22-8-6-7-12(11-22)18(24)25/h9-10,12H,6-8,11H2,1-5H3,(H,21,26)(H,24,25). The molecule has 1 atom stereocenters. The van der Waals surface area contributed by atoms with E-state index in [1.54, 1.807) is 26.8 Å². The molecular weight excluding hydrogens is 364 g/mol. The van der Waals surface area contributed by atoms with Crippen LogP contribution >= 0.6 is 0 Å². The van der Waals surface area contributed by atoms with Crippen LogP contribution in [0.1, 0.15) is 44.0 Å². The Bertz CT molecular complexity index is 769. The average Bonchev–Trinajstić information content (AvgIpc) is 2.66. The predicted octanol–water partition coefficient (Wildman–Crippen LogP) is 2.63. The van der Waals surface area contributed by atoms with Gasteiger partial charge in [-0.1, -0.05) is 20.8 Å². The van der Waals surface area contributed by atoms with E-state index in [4.69, 9.17) is 9.47 Å². The summed E-state index contributed by atoms with van der Waals surface area (Å²) in [6.45, 7) is 5.91. The van der Waals surface area contributed by atoms with E-state index in [1.165, 1.54) is 25.2 Å². The number of benzene rings is 1. The number of carbonyl (C=O) groups excluding carboxylic acids is 2. The number of methoxy groups -OCH3 is 2. The third-order valence-corrected chi connectivity index (χ3v) is 4.74. The van der Waals surface area contributed by atoms with Crippen molar-refractivity contribution in [3.05, 3.63) is 17.7 Å². The first kappa shape index (κ1) is 21.5. The number of amides is 2. The SMILES string of the molecule is COc1cc(NC(=O)C(C)(C)C)c(C(=O)N2CCCC(C(=O)O)C2)cc1OC. The lowest BCUT2D eigenvalue weighted by molar-refractivity contribution is -0.143. The van der Waals surface area contributed by atoms with Crippen molar-refractivity contribution >= 4 is 23.5 Å². The van der Waals surface area contributed by atoms with Gasteiger partial charge >= 0.3 is 5.97 Å². The van der Waals surface area contributed by atoms with Crippen molar-refractivity contribution in [3.63, 3.8) is 0 Å². The molecule has 2 N–H and O–H groups in total. The number of carboxylic acid groups (broad SMARTS) is 1. The Labute approximate surface area is 164 Å². The molecule has 1 heterocycles. The number of anilines is 1. The summed E-state index contributed by atoms with van der Waals surface area (Å²) in [6, 6.07) is 3.07. The third-order valence-electron chi connectivity index (χ3n) is 4.74. The van der Waals surface area contributed by atoms with E-state index in [1.807, 2.05) is 0 Å². The molecule has 0 saturated carbocycles. The molecule has 154 valence electrons. The third kappa shape index (κ3) is 4.74. The summed E-state index contributed by atoms with van der Waals surface area (Å²) in [5, 5.41) is 12.1. The van der Waals surface area contributed by atoms with E-state index in [-0.39, 0.29) is 23.9 Å². The van der Waals surface area contributed by atoms with Gasteiger partial charge in [0.05, 0.1) is 31.4 Å². The van der Waals surface area contributed by atoms with Crippen LogP contribution in [0.3, 0.4) is 0 Å². The summed E-state index contributed by atoms with van der Waals surface area (Å²) in [5.41, 5.74) is -0.117. The van der Waals surface area contributed by atoms with Gasteiger partial charge in [0.1, 0.15) is 0 Å². The Hall–Kier alpha value is -2.77. The van der Waals surface area contributed by atoms with Crippen LogP contribution in [0, 0.1) is 11.3 Å². The molecule has 2 amide bonds. The van der Waals surface area contributed by atoms with Gasteiger partial charge in [-0.2, -0.15) is 0 Å². The molecule has 0 bridgehead atoms. The Morgan fingerprint density at radius 2 is 1.75 bits per heavy atom. The Balaban J connectivity index is 2.43. The van der Waals surface area contributed by atoms with E-state index in [0.29, 0.717) is 36.6 Å². The minimum Gasteiger partial charge on any atom is -0.493 e. The first-order chi connectivity index (χ1) is 13.1. The molecule has 28 heavy (non-hydrogen) atoms. The zero-order valence-electron chi connectivity index (χ0n) is 17.0. The fourth-order valence-corrected chi connectivity index (χ4v) is 3.00. The molecule has 1 aliphatic rings. The van der Waals surface area contributed by atoms with Gasteiger partial charge in [0.25, 0.3) is 5.91 Å². The number of hydrogen-bond donors (Lipinski definition) is 2. The van der Waals surface area contributed by atoms with Gasteiger partial charge in [-0.15, -0.1) is 0 Å². The molecule has 0 aromatic heterocycles. The first-order valence-electron chi connectivity index (χ1n) is 9.18. The van der Waals surface area contributed by atoms with E-state index in [9.17, 15) is 19.5 Å². The highest BCUT2D eigenvalue weighted by molar-refractivity contribution is 6.05. The number of piperidine rings is 1. The lowest BCUT2D eigenvalue weighted by Crippen LogP contribution is -2.42. The Kier molecular flexibility index (Phi) is 6.53. The summed E-state index contributed by atoms with van der Waals surface area (Å²) in [7, 11) is 2.93. The zero-order valence-corrected chi connectivity index (χ0v) is 17.0. The van der Waals surface area contributed by atoms with Crippen LogP contribution in [0.25, 0.3) is 0 Å². The maximum Gasteiger partial charge on any atom is 0.308 e. The molecule has 1 aromatic carbocycles. The predicted molar refractivity (Wildman–Crippen MR) is 104 cm³/mol. The molecule has 1 unspecified atom stereocenters. The number of nitrogens with one attached hydrogen (secondary N) is 1. The van der Waals surface area contributed by atoms with Crippen molar-refractivity contribution in [3.8, 4) is 11.5 Å². The molecule has 1 aliphatic heterocycles. The van der Waals surface area contributed by atoms with Crippen LogP contribution in [0.4, 0.5) is 5.69 Å². The fraction of sp³-hybridized carbons (Fsp3) is 0.550. The zero-order chi connectivity index (χ0) is 21.1. The van der Waals surface area contributed by atoms with Crippen molar-refractivity contribution in [2.45, 2.75) is 33.6 Å². The fourth-order valence-electron chi connectivity index (χ4n) is 3.00. The van der Waals surface area contributed by atoms with Crippen LogP contribution in [-0.2, 0) is 9.59 Å². The van der Waals surface area contributed by atoms with E-state index in [0.717, 1.165) is 0 Å². The molecule has 1 fully saturated rings. The highest BCUT2D eigenvalue weighted by Gasteiger charge is 2.31. The second kappa shape index (κ2) is 8.50. The van der Waals surface area contributed by atoms with Gasteiger partial charge in [0, 0.05) is 24.6 Å². The van der Waals surface area contributed by atoms with Crippen LogP contribution < -0.4 is 14.8 Å². The largest absolute Gasteiger partial charge is 0.493 e. The molecular formula is C20H28N2O6. The number of carbonyl (C=O) groups is 3. The molecule has 1 saturated heterocycles. The molecule has 0 spiro atoms. The normalized spacial score (nSPS) is 17.0. The lowest BCUT2D eigenvalue weighted by Gasteiger charge is -2.31. The molecule has 0 radical (unpaired) electrons. The van der Waals surface area contributed by atoms with Crippen molar-refractivity contribution in [1.82, 2.24) is 4.90 Å². The average molecular weight is 392 g/mol. The Morgan fingerprint density at radius 3 is 2.29 bits per heavy atom. The van der Waals surface area contributed by atoms with Crippen molar-refractivity contribution in [1.29, 1.82) is 0 Å². The second-order valence-electron chi connectivity index (χ2n) is 7.89. The van der Waals surface area contributed by atoms with Gasteiger partial charge in [-0.05, 0) is 18.9 Å². The van der Waals surface area contributed by atoms with Crippen molar-refractivity contribution < 1.29 is 29.0 Å². The topological polar surface area (TPSA) is 105 Å². The summed E-state index contributed by atoms with van der Waals surface area (Å²) < 4.78 is 10.6. The van der Waals surface area contributed by atoms with E-state index < -0.39 is 17.3 Å². The van der Waals surface area contributed by atoms with Crippen LogP contribution in [0.2, 0.25) is 0 Å². The number of aliphatic carboxylic acids is 1. The summed E-state index contributed by atoms with van der Waals surface area (Å²) in [6.07, 6.45) is 1.15. The number of ether oxygens (including phenoxy) is 2. The van der Waals surface area contributed by atoms with Gasteiger partial charge in [-0.25, -0.2) is 0 Å². The monoisotopic (exact) mass is 392 g/mol. The molecule has 8 heteroatoms. The highest BCUT2D eigenvalue weighted by atomic mass is 16.5. The van der Waals surface area contributed by atoms with Gasteiger partial charge in [0.2, 0.25) is 5.91 Å². The number of rotatable bonds is 5. The smallest absolute Gasteiger partial charge is 0.308 e. The van der Waals surface area contributed by atoms with E-state index in [2.05, 4.69) is 5.32 Å². The number of nitrogens with zero attached hydrogens (tertiary/aromatic N) is 1. The molecule has 8 nitrogen and oxygen atoms in total.